The molecule has 3 nitrogen and oxygen atoms in total. The molecule has 0 aromatic heterocycles. The molecule has 15 heavy (non-hydrogen) atoms. The summed E-state index contributed by atoms with van der Waals surface area (Å²) >= 11 is 0. The van der Waals surface area contributed by atoms with Gasteiger partial charge in [-0.3, -0.25) is 4.84 Å². The van der Waals surface area contributed by atoms with Gasteiger partial charge < -0.3 is 4.74 Å². The highest BCUT2D eigenvalue weighted by Gasteiger charge is 2.09. The van der Waals surface area contributed by atoms with Gasteiger partial charge in [0.15, 0.2) is 0 Å². The number of hydrogen-bond donors (Lipinski definition) is 1. The normalized spacial score (nSPS) is 11.5. The van der Waals surface area contributed by atoms with Gasteiger partial charge >= 0.3 is 0 Å². The van der Waals surface area contributed by atoms with Crippen molar-refractivity contribution in [1.82, 2.24) is 5.48 Å². The smallest absolute Gasteiger partial charge is 0.119 e. The first kappa shape index (κ1) is 12.0. The zero-order chi connectivity index (χ0) is 11.3. The maximum Gasteiger partial charge on any atom is 0.119 e. The minimum atomic E-state index is -0.168. The predicted octanol–water partition coefficient (Wildman–Crippen LogP) is 2.51. The van der Waals surface area contributed by atoms with E-state index in [4.69, 9.17) is 9.57 Å². The van der Waals surface area contributed by atoms with Crippen LogP contribution in [0.3, 0.4) is 0 Å². The van der Waals surface area contributed by atoms with Crippen molar-refractivity contribution in [2.24, 2.45) is 0 Å². The predicted molar refractivity (Wildman–Crippen MR) is 60.7 cm³/mol. The molecule has 0 atom stereocenters. The molecular weight excluding hydrogens is 190 g/mol. The molecule has 1 aromatic carbocycles. The number of benzene rings is 1. The van der Waals surface area contributed by atoms with Crippen LogP contribution in [0.1, 0.15) is 26.3 Å². The Morgan fingerprint density at radius 2 is 2.00 bits per heavy atom. The summed E-state index contributed by atoms with van der Waals surface area (Å²) in [5.41, 5.74) is 3.91. The molecular formula is C12H19NO2. The number of hydroxylamine groups is 1. The van der Waals surface area contributed by atoms with E-state index >= 15 is 0 Å². The minimum Gasteiger partial charge on any atom is -0.497 e. The molecule has 0 spiro atoms. The van der Waals surface area contributed by atoms with Gasteiger partial charge in [0.2, 0.25) is 0 Å². The van der Waals surface area contributed by atoms with Gasteiger partial charge in [-0.2, -0.15) is 5.48 Å². The van der Waals surface area contributed by atoms with Gasteiger partial charge in [-0.25, -0.2) is 0 Å². The molecule has 1 aromatic rings. The van der Waals surface area contributed by atoms with Crippen LogP contribution >= 0.6 is 0 Å². The minimum absolute atomic E-state index is 0.168. The molecule has 0 unspecified atom stereocenters. The van der Waals surface area contributed by atoms with Crippen LogP contribution in [-0.2, 0) is 11.4 Å². The Hall–Kier alpha value is -1.06. The zero-order valence-electron chi connectivity index (χ0n) is 9.83. The largest absolute Gasteiger partial charge is 0.497 e. The van der Waals surface area contributed by atoms with Crippen LogP contribution in [0.4, 0.5) is 0 Å². The van der Waals surface area contributed by atoms with Gasteiger partial charge in [0.25, 0.3) is 0 Å². The number of methoxy groups -OCH3 is 1. The van der Waals surface area contributed by atoms with E-state index in [0.29, 0.717) is 6.54 Å². The van der Waals surface area contributed by atoms with Gasteiger partial charge in [0.1, 0.15) is 5.75 Å². The Morgan fingerprint density at radius 1 is 1.27 bits per heavy atom. The maximum atomic E-state index is 5.42. The molecule has 3 heteroatoms. The van der Waals surface area contributed by atoms with E-state index in [1.54, 1.807) is 7.11 Å². The summed E-state index contributed by atoms with van der Waals surface area (Å²) in [6.07, 6.45) is 0. The van der Waals surface area contributed by atoms with Crippen LogP contribution in [0.5, 0.6) is 5.75 Å². The second-order valence-electron chi connectivity index (χ2n) is 4.39. The fourth-order valence-corrected chi connectivity index (χ4v) is 1.12. The third kappa shape index (κ3) is 4.81. The Kier molecular flexibility index (Phi) is 4.12. The Labute approximate surface area is 91.4 Å². The van der Waals surface area contributed by atoms with E-state index in [0.717, 1.165) is 11.3 Å². The van der Waals surface area contributed by atoms with E-state index in [1.165, 1.54) is 0 Å². The van der Waals surface area contributed by atoms with Crippen molar-refractivity contribution in [3.63, 3.8) is 0 Å². The molecule has 0 aliphatic carbocycles. The Morgan fingerprint density at radius 3 is 2.60 bits per heavy atom. The average molecular weight is 209 g/mol. The van der Waals surface area contributed by atoms with Crippen molar-refractivity contribution in [2.45, 2.75) is 32.9 Å². The number of hydrogen-bond acceptors (Lipinski definition) is 3. The SMILES string of the molecule is COc1cccc(CNOC(C)(C)C)c1. The highest BCUT2D eigenvalue weighted by Crippen LogP contribution is 2.12. The molecule has 0 fully saturated rings. The lowest BCUT2D eigenvalue weighted by molar-refractivity contribution is -0.0757. The van der Waals surface area contributed by atoms with Crippen molar-refractivity contribution in [2.75, 3.05) is 7.11 Å². The first-order valence-corrected chi connectivity index (χ1v) is 5.05. The number of rotatable bonds is 4. The van der Waals surface area contributed by atoms with Crippen molar-refractivity contribution in [3.8, 4) is 5.75 Å². The third-order valence-electron chi connectivity index (χ3n) is 1.79. The fourth-order valence-electron chi connectivity index (χ4n) is 1.12. The van der Waals surface area contributed by atoms with Crippen molar-refractivity contribution in [1.29, 1.82) is 0 Å². The molecule has 0 bridgehead atoms. The van der Waals surface area contributed by atoms with Crippen LogP contribution in [0.15, 0.2) is 24.3 Å². The zero-order valence-corrected chi connectivity index (χ0v) is 9.83. The summed E-state index contributed by atoms with van der Waals surface area (Å²) < 4.78 is 5.13. The van der Waals surface area contributed by atoms with Crippen molar-refractivity contribution < 1.29 is 9.57 Å². The van der Waals surface area contributed by atoms with Gasteiger partial charge in [0.05, 0.1) is 12.7 Å². The summed E-state index contributed by atoms with van der Waals surface area (Å²) in [7, 11) is 1.66. The van der Waals surface area contributed by atoms with Gasteiger partial charge in [-0.1, -0.05) is 12.1 Å². The van der Waals surface area contributed by atoms with E-state index in [1.807, 2.05) is 45.0 Å². The van der Waals surface area contributed by atoms with E-state index in [2.05, 4.69) is 5.48 Å². The lowest BCUT2D eigenvalue weighted by atomic mass is 10.2. The Balaban J connectivity index is 2.44. The standard InChI is InChI=1S/C12H19NO2/c1-12(2,3)15-13-9-10-6-5-7-11(8-10)14-4/h5-8,13H,9H2,1-4H3. The van der Waals surface area contributed by atoms with E-state index < -0.39 is 0 Å². The summed E-state index contributed by atoms with van der Waals surface area (Å²) in [4.78, 5) is 5.42. The van der Waals surface area contributed by atoms with Gasteiger partial charge in [-0.05, 0) is 38.5 Å². The molecule has 0 aliphatic rings. The lowest BCUT2D eigenvalue weighted by Gasteiger charge is -2.19. The van der Waals surface area contributed by atoms with Crippen LogP contribution < -0.4 is 10.2 Å². The molecule has 0 aliphatic heterocycles. The summed E-state index contributed by atoms with van der Waals surface area (Å²) in [5.74, 6) is 0.866. The number of nitrogens with one attached hydrogen (secondary N) is 1. The molecule has 1 N–H and O–H groups in total. The van der Waals surface area contributed by atoms with Crippen LogP contribution in [-0.4, -0.2) is 12.7 Å². The lowest BCUT2D eigenvalue weighted by Crippen LogP contribution is -2.28. The molecule has 1 rings (SSSR count). The monoisotopic (exact) mass is 209 g/mol. The summed E-state index contributed by atoms with van der Waals surface area (Å²) in [6.45, 7) is 6.69. The topological polar surface area (TPSA) is 30.5 Å². The third-order valence-corrected chi connectivity index (χ3v) is 1.79. The Bertz CT molecular complexity index is 305. The van der Waals surface area contributed by atoms with E-state index in [9.17, 15) is 0 Å². The summed E-state index contributed by atoms with van der Waals surface area (Å²) in [5, 5.41) is 0. The second kappa shape index (κ2) is 5.14. The number of ether oxygens (including phenoxy) is 1. The molecule has 0 saturated carbocycles. The highest BCUT2D eigenvalue weighted by molar-refractivity contribution is 5.28. The first-order chi connectivity index (χ1) is 7.01. The second-order valence-corrected chi connectivity index (χ2v) is 4.39. The molecule has 0 radical (unpaired) electrons. The van der Waals surface area contributed by atoms with Crippen molar-refractivity contribution >= 4 is 0 Å². The fraction of sp³-hybridized carbons (Fsp3) is 0.500. The van der Waals surface area contributed by atoms with Crippen LogP contribution in [0, 0.1) is 0 Å². The molecule has 0 heterocycles. The van der Waals surface area contributed by atoms with Gasteiger partial charge in [-0.15, -0.1) is 0 Å². The van der Waals surface area contributed by atoms with Crippen LogP contribution in [0.25, 0.3) is 0 Å². The maximum absolute atomic E-state index is 5.42. The summed E-state index contributed by atoms with van der Waals surface area (Å²) in [6, 6.07) is 7.90. The molecule has 84 valence electrons. The highest BCUT2D eigenvalue weighted by atomic mass is 16.7. The molecule has 0 amide bonds. The molecule has 0 saturated heterocycles. The first-order valence-electron chi connectivity index (χ1n) is 5.05. The van der Waals surface area contributed by atoms with Crippen LogP contribution in [0.2, 0.25) is 0 Å². The quantitative estimate of drug-likeness (QED) is 0.773. The van der Waals surface area contributed by atoms with E-state index in [-0.39, 0.29) is 5.60 Å². The van der Waals surface area contributed by atoms with Crippen molar-refractivity contribution in [3.05, 3.63) is 29.8 Å². The van der Waals surface area contributed by atoms with Gasteiger partial charge in [0, 0.05) is 6.54 Å². The average Bonchev–Trinajstić information content (AvgIpc) is 2.16.